The van der Waals surface area contributed by atoms with Crippen LogP contribution in [0.25, 0.3) is 0 Å². The van der Waals surface area contributed by atoms with Crippen molar-refractivity contribution in [2.45, 2.75) is 58.3 Å². The number of ether oxygens (including phenoxy) is 1. The second kappa shape index (κ2) is 7.27. The molecule has 0 bridgehead atoms. The fourth-order valence-corrected chi connectivity index (χ4v) is 3.04. The number of aromatic nitrogens is 1. The number of aryl methyl sites for hydroxylation is 1. The molecule has 0 aromatic carbocycles. The number of halogens is 1. The number of hydrogen-bond donors (Lipinski definition) is 2. The van der Waals surface area contributed by atoms with Crippen molar-refractivity contribution < 1.29 is 19.4 Å². The zero-order valence-electron chi connectivity index (χ0n) is 13.4. The number of hydrogen-bond acceptors (Lipinski definition) is 5. The number of carboxylic acid groups (broad SMARTS) is 1. The molecular weight excluding hydrogens is 320 g/mol. The highest BCUT2D eigenvalue weighted by Gasteiger charge is 2.35. The number of aromatic carboxylic acids is 1. The van der Waals surface area contributed by atoms with Crippen LogP contribution in [0.1, 0.15) is 49.7 Å². The standard InChI is InChI=1S/C16H21ClN2O4/c1-4-11-14(17)15(10(7-18-11)16(21)22)19-9-5-12(20)13(6-9)23-8(2)3/h7-9,13H,4-6H2,1-3H3,(H,18,19)(H,21,22). The number of carbonyl (C=O) groups is 2. The van der Waals surface area contributed by atoms with E-state index in [4.69, 9.17) is 16.3 Å². The van der Waals surface area contributed by atoms with Crippen LogP contribution in [0.15, 0.2) is 6.20 Å². The number of rotatable bonds is 6. The first-order chi connectivity index (χ1) is 10.8. The molecule has 23 heavy (non-hydrogen) atoms. The third-order valence-corrected chi connectivity index (χ3v) is 4.15. The molecule has 1 heterocycles. The first-order valence-electron chi connectivity index (χ1n) is 7.68. The number of carboxylic acids is 1. The van der Waals surface area contributed by atoms with Crippen LogP contribution in [-0.2, 0) is 16.0 Å². The van der Waals surface area contributed by atoms with Crippen LogP contribution in [-0.4, -0.2) is 40.1 Å². The number of nitrogens with one attached hydrogen (secondary N) is 1. The van der Waals surface area contributed by atoms with Crippen LogP contribution in [0.3, 0.4) is 0 Å². The molecule has 2 N–H and O–H groups in total. The highest BCUT2D eigenvalue weighted by atomic mass is 35.5. The lowest BCUT2D eigenvalue weighted by Gasteiger charge is -2.18. The monoisotopic (exact) mass is 340 g/mol. The van der Waals surface area contributed by atoms with Crippen LogP contribution in [0.4, 0.5) is 5.69 Å². The molecule has 1 aromatic rings. The minimum absolute atomic E-state index is 0.00729. The van der Waals surface area contributed by atoms with Crippen LogP contribution in [0, 0.1) is 0 Å². The molecule has 1 aliphatic carbocycles. The Labute approximate surface area is 140 Å². The van der Waals surface area contributed by atoms with Crippen molar-refractivity contribution in [2.75, 3.05) is 5.32 Å². The third kappa shape index (κ3) is 4.00. The first-order valence-corrected chi connectivity index (χ1v) is 8.06. The molecule has 1 aromatic heterocycles. The number of anilines is 1. The van der Waals surface area contributed by atoms with Gasteiger partial charge in [-0.3, -0.25) is 9.78 Å². The molecule has 1 aliphatic rings. The van der Waals surface area contributed by atoms with E-state index in [1.54, 1.807) is 0 Å². The molecule has 1 saturated carbocycles. The molecule has 0 radical (unpaired) electrons. The Bertz CT molecular complexity index is 618. The average Bonchev–Trinajstić information content (AvgIpc) is 2.80. The van der Waals surface area contributed by atoms with Gasteiger partial charge in [-0.15, -0.1) is 0 Å². The molecule has 0 aliphatic heterocycles. The predicted molar refractivity (Wildman–Crippen MR) is 87.2 cm³/mol. The van der Waals surface area contributed by atoms with Crippen molar-refractivity contribution in [3.63, 3.8) is 0 Å². The summed E-state index contributed by atoms with van der Waals surface area (Å²) in [5.74, 6) is -1.09. The topological polar surface area (TPSA) is 88.5 Å². The fraction of sp³-hybridized carbons (Fsp3) is 0.562. The summed E-state index contributed by atoms with van der Waals surface area (Å²) in [7, 11) is 0. The van der Waals surface area contributed by atoms with Crippen LogP contribution < -0.4 is 5.32 Å². The number of Topliss-reactive ketones (excluding diaryl/α,β-unsaturated/α-hetero) is 1. The van der Waals surface area contributed by atoms with Gasteiger partial charge >= 0.3 is 5.97 Å². The van der Waals surface area contributed by atoms with E-state index in [9.17, 15) is 14.7 Å². The maximum Gasteiger partial charge on any atom is 0.339 e. The quantitative estimate of drug-likeness (QED) is 0.827. The summed E-state index contributed by atoms with van der Waals surface area (Å²) < 4.78 is 5.59. The Morgan fingerprint density at radius 3 is 2.83 bits per heavy atom. The second-order valence-electron chi connectivity index (χ2n) is 5.89. The van der Waals surface area contributed by atoms with Crippen LogP contribution in [0.5, 0.6) is 0 Å². The van der Waals surface area contributed by atoms with E-state index in [0.29, 0.717) is 29.2 Å². The Kier molecular flexibility index (Phi) is 5.59. The summed E-state index contributed by atoms with van der Waals surface area (Å²) >= 11 is 6.29. The zero-order chi connectivity index (χ0) is 17.1. The number of pyridine rings is 1. The van der Waals surface area contributed by atoms with Gasteiger partial charge in [0.05, 0.1) is 22.5 Å². The van der Waals surface area contributed by atoms with E-state index >= 15 is 0 Å². The highest BCUT2D eigenvalue weighted by molar-refractivity contribution is 6.34. The van der Waals surface area contributed by atoms with Crippen molar-refractivity contribution in [3.05, 3.63) is 22.5 Å². The van der Waals surface area contributed by atoms with Gasteiger partial charge in [0.1, 0.15) is 11.7 Å². The molecule has 0 amide bonds. The van der Waals surface area contributed by atoms with Crippen molar-refractivity contribution in [3.8, 4) is 0 Å². The van der Waals surface area contributed by atoms with Crippen LogP contribution >= 0.6 is 11.6 Å². The molecule has 0 spiro atoms. The van der Waals surface area contributed by atoms with E-state index in [2.05, 4.69) is 10.3 Å². The summed E-state index contributed by atoms with van der Waals surface area (Å²) in [5, 5.41) is 12.7. The van der Waals surface area contributed by atoms with Crippen molar-refractivity contribution in [1.29, 1.82) is 0 Å². The van der Waals surface area contributed by atoms with E-state index in [0.717, 1.165) is 0 Å². The Balaban J connectivity index is 2.23. The van der Waals surface area contributed by atoms with Gasteiger partial charge in [0.15, 0.2) is 5.78 Å². The summed E-state index contributed by atoms with van der Waals surface area (Å²) in [4.78, 5) is 27.5. The summed E-state index contributed by atoms with van der Waals surface area (Å²) in [6.07, 6.45) is 2.19. The van der Waals surface area contributed by atoms with Gasteiger partial charge in [-0.1, -0.05) is 18.5 Å². The van der Waals surface area contributed by atoms with Gasteiger partial charge in [-0.2, -0.15) is 0 Å². The largest absolute Gasteiger partial charge is 0.478 e. The molecule has 0 saturated heterocycles. The van der Waals surface area contributed by atoms with E-state index in [1.165, 1.54) is 6.20 Å². The van der Waals surface area contributed by atoms with E-state index in [1.807, 2.05) is 20.8 Å². The van der Waals surface area contributed by atoms with Crippen molar-refractivity contribution in [1.82, 2.24) is 4.98 Å². The first kappa shape index (κ1) is 17.7. The molecule has 2 rings (SSSR count). The second-order valence-corrected chi connectivity index (χ2v) is 6.27. The molecule has 2 atom stereocenters. The van der Waals surface area contributed by atoms with E-state index in [-0.39, 0.29) is 29.9 Å². The molecular formula is C16H21ClN2O4. The lowest BCUT2D eigenvalue weighted by atomic mass is 10.1. The van der Waals surface area contributed by atoms with Crippen molar-refractivity contribution >= 4 is 29.0 Å². The molecule has 7 heteroatoms. The SMILES string of the molecule is CCc1ncc(C(=O)O)c(NC2CC(=O)C(OC(C)C)C2)c1Cl. The normalized spacial score (nSPS) is 21.0. The van der Waals surface area contributed by atoms with Gasteiger partial charge < -0.3 is 15.2 Å². The Morgan fingerprint density at radius 2 is 2.26 bits per heavy atom. The van der Waals surface area contributed by atoms with Crippen LogP contribution in [0.2, 0.25) is 5.02 Å². The lowest BCUT2D eigenvalue weighted by Crippen LogP contribution is -2.23. The number of ketones is 1. The van der Waals surface area contributed by atoms with Crippen molar-refractivity contribution in [2.24, 2.45) is 0 Å². The molecule has 2 unspecified atom stereocenters. The fourth-order valence-electron chi connectivity index (χ4n) is 2.70. The Hall–Kier alpha value is -1.66. The predicted octanol–water partition coefficient (Wildman–Crippen LogP) is 2.93. The number of carbonyl (C=O) groups excluding carboxylic acids is 1. The molecule has 1 fully saturated rings. The third-order valence-electron chi connectivity index (χ3n) is 3.75. The summed E-state index contributed by atoms with van der Waals surface area (Å²) in [6, 6.07) is -0.200. The molecule has 126 valence electrons. The average molecular weight is 341 g/mol. The summed E-state index contributed by atoms with van der Waals surface area (Å²) in [6.45, 7) is 5.65. The van der Waals surface area contributed by atoms with Gasteiger partial charge in [0, 0.05) is 25.1 Å². The van der Waals surface area contributed by atoms with Gasteiger partial charge in [-0.25, -0.2) is 4.79 Å². The van der Waals surface area contributed by atoms with Gasteiger partial charge in [0.2, 0.25) is 0 Å². The zero-order valence-corrected chi connectivity index (χ0v) is 14.2. The minimum Gasteiger partial charge on any atom is -0.478 e. The lowest BCUT2D eigenvalue weighted by molar-refractivity contribution is -0.129. The number of nitrogens with zero attached hydrogens (tertiary/aromatic N) is 1. The Morgan fingerprint density at radius 1 is 1.57 bits per heavy atom. The molecule has 6 nitrogen and oxygen atoms in total. The highest BCUT2D eigenvalue weighted by Crippen LogP contribution is 2.32. The maximum atomic E-state index is 12.0. The van der Waals surface area contributed by atoms with Gasteiger partial charge in [-0.05, 0) is 20.3 Å². The maximum absolute atomic E-state index is 12.0. The van der Waals surface area contributed by atoms with Gasteiger partial charge in [0.25, 0.3) is 0 Å². The van der Waals surface area contributed by atoms with E-state index < -0.39 is 12.1 Å². The summed E-state index contributed by atoms with van der Waals surface area (Å²) in [5.41, 5.74) is 0.959. The smallest absolute Gasteiger partial charge is 0.339 e. The minimum atomic E-state index is -1.11.